The normalized spacial score (nSPS) is 14.2. The summed E-state index contributed by atoms with van der Waals surface area (Å²) in [4.78, 5) is 27.0. The summed E-state index contributed by atoms with van der Waals surface area (Å²) in [5, 5.41) is 2.91. The van der Waals surface area contributed by atoms with Crippen molar-refractivity contribution in [1.82, 2.24) is 4.90 Å². The summed E-state index contributed by atoms with van der Waals surface area (Å²) in [6.45, 7) is 6.59. The molecule has 1 aliphatic heterocycles. The van der Waals surface area contributed by atoms with Crippen molar-refractivity contribution in [2.75, 3.05) is 31.6 Å². The smallest absolute Gasteiger partial charge is 0.256 e. The fourth-order valence-electron chi connectivity index (χ4n) is 3.26. The lowest BCUT2D eigenvalue weighted by molar-refractivity contribution is -0.116. The molecule has 1 heterocycles. The number of carbonyl (C=O) groups excluding carboxylic acids is 2. The molecule has 1 aliphatic rings. The van der Waals surface area contributed by atoms with Gasteiger partial charge in [0.15, 0.2) is 0 Å². The maximum absolute atomic E-state index is 12.8. The van der Waals surface area contributed by atoms with E-state index in [4.69, 9.17) is 4.74 Å². The zero-order valence-electron chi connectivity index (χ0n) is 16.6. The molecular formula is C23H28N2O3. The Labute approximate surface area is 166 Å². The van der Waals surface area contributed by atoms with E-state index >= 15 is 0 Å². The predicted octanol–water partition coefficient (Wildman–Crippen LogP) is 3.85. The quantitative estimate of drug-likeness (QED) is 0.828. The van der Waals surface area contributed by atoms with E-state index in [9.17, 15) is 9.59 Å². The molecule has 0 aliphatic carbocycles. The third-order valence-electron chi connectivity index (χ3n) is 5.02. The second kappa shape index (κ2) is 9.51. The first-order valence-corrected chi connectivity index (χ1v) is 9.89. The fraction of sp³-hybridized carbons (Fsp3) is 0.391. The average Bonchev–Trinajstić information content (AvgIpc) is 2.73. The average molecular weight is 380 g/mol. The van der Waals surface area contributed by atoms with E-state index in [0.29, 0.717) is 56.3 Å². The van der Waals surface area contributed by atoms with Crippen molar-refractivity contribution in [3.05, 3.63) is 65.2 Å². The Morgan fingerprint density at radius 1 is 1.04 bits per heavy atom. The molecule has 0 atom stereocenters. The van der Waals surface area contributed by atoms with Gasteiger partial charge < -0.3 is 15.0 Å². The van der Waals surface area contributed by atoms with Crippen molar-refractivity contribution in [2.45, 2.75) is 32.6 Å². The SMILES string of the molecule is CC(C)c1ccc(CCC(=O)Nc2ccccc2C(=O)N2CCOCC2)cc1. The van der Waals surface area contributed by atoms with E-state index in [1.54, 1.807) is 17.0 Å². The Balaban J connectivity index is 1.60. The molecule has 2 aromatic carbocycles. The number of carbonyl (C=O) groups is 2. The van der Waals surface area contributed by atoms with Gasteiger partial charge in [-0.15, -0.1) is 0 Å². The molecule has 0 spiro atoms. The van der Waals surface area contributed by atoms with Crippen LogP contribution < -0.4 is 5.32 Å². The minimum Gasteiger partial charge on any atom is -0.378 e. The van der Waals surface area contributed by atoms with Crippen LogP contribution in [0.1, 0.15) is 47.7 Å². The monoisotopic (exact) mass is 380 g/mol. The van der Waals surface area contributed by atoms with Crippen molar-refractivity contribution < 1.29 is 14.3 Å². The van der Waals surface area contributed by atoms with E-state index < -0.39 is 0 Å². The topological polar surface area (TPSA) is 58.6 Å². The van der Waals surface area contributed by atoms with Crippen LogP contribution in [0.25, 0.3) is 0 Å². The van der Waals surface area contributed by atoms with Crippen LogP contribution in [0.2, 0.25) is 0 Å². The van der Waals surface area contributed by atoms with Gasteiger partial charge in [-0.2, -0.15) is 0 Å². The zero-order valence-corrected chi connectivity index (χ0v) is 16.6. The Morgan fingerprint density at radius 2 is 1.71 bits per heavy atom. The number of benzene rings is 2. The lowest BCUT2D eigenvalue weighted by atomic mass is 10.0. The summed E-state index contributed by atoms with van der Waals surface area (Å²) in [6.07, 6.45) is 1.05. The molecule has 1 N–H and O–H groups in total. The number of aryl methyl sites for hydroxylation is 1. The van der Waals surface area contributed by atoms with E-state index in [-0.39, 0.29) is 11.8 Å². The van der Waals surface area contributed by atoms with Crippen LogP contribution in [0.15, 0.2) is 48.5 Å². The van der Waals surface area contributed by atoms with Gasteiger partial charge in [0.05, 0.1) is 24.5 Å². The van der Waals surface area contributed by atoms with Crippen molar-refractivity contribution in [3.63, 3.8) is 0 Å². The molecule has 0 bridgehead atoms. The molecule has 28 heavy (non-hydrogen) atoms. The van der Waals surface area contributed by atoms with E-state index in [0.717, 1.165) is 5.56 Å². The van der Waals surface area contributed by atoms with Crippen LogP contribution in [0.3, 0.4) is 0 Å². The van der Waals surface area contributed by atoms with Crippen LogP contribution in [0.5, 0.6) is 0 Å². The number of nitrogens with one attached hydrogen (secondary N) is 1. The van der Waals surface area contributed by atoms with E-state index in [1.807, 2.05) is 12.1 Å². The largest absolute Gasteiger partial charge is 0.378 e. The maximum Gasteiger partial charge on any atom is 0.256 e. The summed E-state index contributed by atoms with van der Waals surface area (Å²) in [5.41, 5.74) is 3.53. The van der Waals surface area contributed by atoms with Gasteiger partial charge in [-0.1, -0.05) is 50.2 Å². The third-order valence-corrected chi connectivity index (χ3v) is 5.02. The first-order chi connectivity index (χ1) is 13.5. The van der Waals surface area contributed by atoms with Crippen molar-refractivity contribution in [2.24, 2.45) is 0 Å². The van der Waals surface area contributed by atoms with Crippen LogP contribution >= 0.6 is 0 Å². The molecule has 1 saturated heterocycles. The molecule has 0 radical (unpaired) electrons. The highest BCUT2D eigenvalue weighted by Crippen LogP contribution is 2.19. The van der Waals surface area contributed by atoms with Crippen molar-refractivity contribution >= 4 is 17.5 Å². The lowest BCUT2D eigenvalue weighted by Crippen LogP contribution is -2.41. The van der Waals surface area contributed by atoms with Gasteiger partial charge >= 0.3 is 0 Å². The number of morpholine rings is 1. The van der Waals surface area contributed by atoms with E-state index in [2.05, 4.69) is 43.4 Å². The first-order valence-electron chi connectivity index (χ1n) is 9.89. The summed E-state index contributed by atoms with van der Waals surface area (Å²) >= 11 is 0. The maximum atomic E-state index is 12.8. The number of ether oxygens (including phenoxy) is 1. The van der Waals surface area contributed by atoms with Crippen molar-refractivity contribution in [1.29, 1.82) is 0 Å². The second-order valence-corrected chi connectivity index (χ2v) is 7.39. The number of hydrogen-bond donors (Lipinski definition) is 1. The van der Waals surface area contributed by atoms with Crippen LogP contribution in [-0.2, 0) is 16.0 Å². The van der Waals surface area contributed by atoms with Gasteiger partial charge in [-0.25, -0.2) is 0 Å². The van der Waals surface area contributed by atoms with Gasteiger partial charge in [0.2, 0.25) is 5.91 Å². The molecule has 1 fully saturated rings. The molecule has 2 aromatic rings. The molecule has 0 saturated carbocycles. The molecule has 148 valence electrons. The molecule has 2 amide bonds. The number of rotatable bonds is 6. The van der Waals surface area contributed by atoms with Crippen molar-refractivity contribution in [3.8, 4) is 0 Å². The molecule has 0 unspecified atom stereocenters. The molecule has 0 aromatic heterocycles. The highest BCUT2D eigenvalue weighted by atomic mass is 16.5. The molecular weight excluding hydrogens is 352 g/mol. The zero-order chi connectivity index (χ0) is 19.9. The summed E-state index contributed by atoms with van der Waals surface area (Å²) < 4.78 is 5.31. The lowest BCUT2D eigenvalue weighted by Gasteiger charge is -2.27. The van der Waals surface area contributed by atoms with Crippen LogP contribution in [0.4, 0.5) is 5.69 Å². The number of hydrogen-bond acceptors (Lipinski definition) is 3. The predicted molar refractivity (Wildman–Crippen MR) is 111 cm³/mol. The highest BCUT2D eigenvalue weighted by molar-refractivity contribution is 6.03. The van der Waals surface area contributed by atoms with Crippen LogP contribution in [-0.4, -0.2) is 43.0 Å². The first kappa shape index (κ1) is 20.1. The van der Waals surface area contributed by atoms with Gasteiger partial charge in [-0.3, -0.25) is 9.59 Å². The number of amides is 2. The minimum atomic E-state index is -0.0878. The standard InChI is InChI=1S/C23H28N2O3/c1-17(2)19-10-7-18(8-11-19)9-12-22(26)24-21-6-4-3-5-20(21)23(27)25-13-15-28-16-14-25/h3-8,10-11,17H,9,12-16H2,1-2H3,(H,24,26). The highest BCUT2D eigenvalue weighted by Gasteiger charge is 2.21. The molecule has 3 rings (SSSR count). The minimum absolute atomic E-state index is 0.0662. The Kier molecular flexibility index (Phi) is 6.82. The fourth-order valence-corrected chi connectivity index (χ4v) is 3.26. The van der Waals surface area contributed by atoms with Gasteiger partial charge in [0.1, 0.15) is 0 Å². The summed E-state index contributed by atoms with van der Waals surface area (Å²) in [5.74, 6) is 0.344. The van der Waals surface area contributed by atoms with E-state index in [1.165, 1.54) is 5.56 Å². The third kappa shape index (κ3) is 5.20. The summed E-state index contributed by atoms with van der Waals surface area (Å²) in [7, 11) is 0. The van der Waals surface area contributed by atoms with Gasteiger partial charge in [0, 0.05) is 19.5 Å². The molecule has 5 nitrogen and oxygen atoms in total. The Bertz CT molecular complexity index is 809. The number of anilines is 1. The second-order valence-electron chi connectivity index (χ2n) is 7.39. The Morgan fingerprint density at radius 3 is 2.39 bits per heavy atom. The van der Waals surface area contributed by atoms with Gasteiger partial charge in [-0.05, 0) is 35.6 Å². The number of para-hydroxylation sites is 1. The molecule has 5 heteroatoms. The van der Waals surface area contributed by atoms with Crippen LogP contribution in [0, 0.1) is 0 Å². The number of nitrogens with zero attached hydrogens (tertiary/aromatic N) is 1. The summed E-state index contributed by atoms with van der Waals surface area (Å²) in [6, 6.07) is 15.6. The Hall–Kier alpha value is -2.66. The van der Waals surface area contributed by atoms with Gasteiger partial charge in [0.25, 0.3) is 5.91 Å².